The molecule has 108 valence electrons. The van der Waals surface area contributed by atoms with Crippen LogP contribution >= 0.6 is 0 Å². The molecule has 0 atom stereocenters. The summed E-state index contributed by atoms with van der Waals surface area (Å²) < 4.78 is 4.68. The predicted octanol–water partition coefficient (Wildman–Crippen LogP) is 0.0148. The van der Waals surface area contributed by atoms with Gasteiger partial charge in [-0.05, 0) is 11.6 Å². The molecule has 0 aromatic heterocycles. The number of para-hydroxylation sites is 1. The average molecular weight is 280 g/mol. The Hall–Kier alpha value is -2.41. The van der Waals surface area contributed by atoms with Crippen LogP contribution in [0.2, 0.25) is 0 Å². The number of likely N-dealkylation sites (N-methyl/N-ethyl adjacent to an activating group) is 1. The number of carbonyl (C=O) groups excluding carboxylic acids is 2. The standard InChI is InChI=1S/C13H16N2O5/c1-14-11(16)6-9-4-2-3-5-10(9)15-12(17)7-20-8-13(18)19/h2-5H,6-8H2,1H3,(H,14,16)(H,15,17)(H,18,19). The zero-order valence-electron chi connectivity index (χ0n) is 11.0. The first kappa shape index (κ1) is 15.6. The summed E-state index contributed by atoms with van der Waals surface area (Å²) in [5, 5.41) is 13.5. The average Bonchev–Trinajstić information content (AvgIpc) is 2.40. The Morgan fingerprint density at radius 3 is 2.50 bits per heavy atom. The van der Waals surface area contributed by atoms with Crippen molar-refractivity contribution in [3.63, 3.8) is 0 Å². The van der Waals surface area contributed by atoms with Crippen molar-refractivity contribution in [2.45, 2.75) is 6.42 Å². The first-order valence-electron chi connectivity index (χ1n) is 5.90. The van der Waals surface area contributed by atoms with Gasteiger partial charge in [0.05, 0.1) is 6.42 Å². The Morgan fingerprint density at radius 1 is 1.15 bits per heavy atom. The summed E-state index contributed by atoms with van der Waals surface area (Å²) in [6.07, 6.45) is 0.142. The molecular formula is C13H16N2O5. The van der Waals surface area contributed by atoms with Crippen LogP contribution in [0, 0.1) is 0 Å². The normalized spacial score (nSPS) is 9.85. The van der Waals surface area contributed by atoms with Crippen LogP contribution in [0.3, 0.4) is 0 Å². The van der Waals surface area contributed by atoms with Crippen molar-refractivity contribution in [3.8, 4) is 0 Å². The third-order valence-corrected chi connectivity index (χ3v) is 2.38. The number of anilines is 1. The van der Waals surface area contributed by atoms with Crippen LogP contribution in [0.4, 0.5) is 5.69 Å². The van der Waals surface area contributed by atoms with E-state index in [1.165, 1.54) is 7.05 Å². The van der Waals surface area contributed by atoms with Gasteiger partial charge >= 0.3 is 5.97 Å². The van der Waals surface area contributed by atoms with E-state index in [9.17, 15) is 14.4 Å². The number of aliphatic carboxylic acids is 1. The molecule has 1 aromatic rings. The van der Waals surface area contributed by atoms with E-state index in [4.69, 9.17) is 5.11 Å². The second-order valence-electron chi connectivity index (χ2n) is 3.94. The lowest BCUT2D eigenvalue weighted by Crippen LogP contribution is -2.23. The second kappa shape index (κ2) is 7.90. The number of hydrogen-bond donors (Lipinski definition) is 3. The van der Waals surface area contributed by atoms with Gasteiger partial charge in [-0.2, -0.15) is 0 Å². The molecule has 0 aliphatic heterocycles. The van der Waals surface area contributed by atoms with Crippen molar-refractivity contribution in [2.75, 3.05) is 25.6 Å². The Labute approximate surface area is 115 Å². The van der Waals surface area contributed by atoms with Gasteiger partial charge in [-0.3, -0.25) is 9.59 Å². The summed E-state index contributed by atoms with van der Waals surface area (Å²) in [6.45, 7) is -0.895. The van der Waals surface area contributed by atoms with E-state index in [1.54, 1.807) is 24.3 Å². The van der Waals surface area contributed by atoms with Crippen LogP contribution in [0.5, 0.6) is 0 Å². The highest BCUT2D eigenvalue weighted by Gasteiger charge is 2.10. The molecule has 2 amide bonds. The zero-order valence-corrected chi connectivity index (χ0v) is 11.0. The molecule has 0 fully saturated rings. The number of carboxylic acids is 1. The van der Waals surface area contributed by atoms with Crippen molar-refractivity contribution in [1.29, 1.82) is 0 Å². The first-order valence-corrected chi connectivity index (χ1v) is 5.90. The number of benzene rings is 1. The van der Waals surface area contributed by atoms with Gasteiger partial charge in [-0.15, -0.1) is 0 Å². The fourth-order valence-electron chi connectivity index (χ4n) is 1.48. The minimum absolute atomic E-state index is 0.142. The number of nitrogens with one attached hydrogen (secondary N) is 2. The summed E-state index contributed by atoms with van der Waals surface area (Å²) in [6, 6.07) is 6.87. The fourth-order valence-corrected chi connectivity index (χ4v) is 1.48. The summed E-state index contributed by atoms with van der Waals surface area (Å²) >= 11 is 0. The Balaban J connectivity index is 2.60. The van der Waals surface area contributed by atoms with E-state index in [0.29, 0.717) is 11.3 Å². The molecule has 0 spiro atoms. The topological polar surface area (TPSA) is 105 Å². The largest absolute Gasteiger partial charge is 0.480 e. The monoisotopic (exact) mass is 280 g/mol. The molecule has 0 saturated carbocycles. The molecule has 0 heterocycles. The fraction of sp³-hybridized carbons (Fsp3) is 0.308. The van der Waals surface area contributed by atoms with Crippen LogP contribution < -0.4 is 10.6 Å². The number of ether oxygens (including phenoxy) is 1. The van der Waals surface area contributed by atoms with Crippen LogP contribution in [-0.4, -0.2) is 43.2 Å². The molecule has 0 radical (unpaired) electrons. The second-order valence-corrected chi connectivity index (χ2v) is 3.94. The van der Waals surface area contributed by atoms with E-state index < -0.39 is 18.5 Å². The summed E-state index contributed by atoms with van der Waals surface area (Å²) in [4.78, 5) is 33.2. The van der Waals surface area contributed by atoms with Crippen molar-refractivity contribution in [2.24, 2.45) is 0 Å². The SMILES string of the molecule is CNC(=O)Cc1ccccc1NC(=O)COCC(=O)O. The molecule has 0 saturated heterocycles. The summed E-state index contributed by atoms with van der Waals surface area (Å²) in [7, 11) is 1.53. The summed E-state index contributed by atoms with van der Waals surface area (Å²) in [5.74, 6) is -1.79. The molecule has 0 bridgehead atoms. The van der Waals surface area contributed by atoms with E-state index in [1.807, 2.05) is 0 Å². The Kier molecular flexibility index (Phi) is 6.18. The van der Waals surface area contributed by atoms with E-state index >= 15 is 0 Å². The van der Waals surface area contributed by atoms with Gasteiger partial charge in [-0.1, -0.05) is 18.2 Å². The van der Waals surface area contributed by atoms with Gasteiger partial charge in [0.2, 0.25) is 11.8 Å². The number of amides is 2. The summed E-state index contributed by atoms with van der Waals surface area (Å²) in [5.41, 5.74) is 1.17. The number of hydrogen-bond acceptors (Lipinski definition) is 4. The predicted molar refractivity (Wildman–Crippen MR) is 71.3 cm³/mol. The highest BCUT2D eigenvalue weighted by atomic mass is 16.5. The number of rotatable bonds is 7. The van der Waals surface area contributed by atoms with Crippen LogP contribution in [0.25, 0.3) is 0 Å². The quantitative estimate of drug-likeness (QED) is 0.653. The van der Waals surface area contributed by atoms with Crippen molar-refractivity contribution >= 4 is 23.5 Å². The molecular weight excluding hydrogens is 264 g/mol. The molecule has 0 aliphatic carbocycles. The molecule has 0 aliphatic rings. The highest BCUT2D eigenvalue weighted by Crippen LogP contribution is 2.15. The van der Waals surface area contributed by atoms with E-state index in [-0.39, 0.29) is 18.9 Å². The van der Waals surface area contributed by atoms with Gasteiger partial charge in [0.1, 0.15) is 13.2 Å². The maximum Gasteiger partial charge on any atom is 0.329 e. The third-order valence-electron chi connectivity index (χ3n) is 2.38. The van der Waals surface area contributed by atoms with Gasteiger partial charge < -0.3 is 20.5 Å². The molecule has 20 heavy (non-hydrogen) atoms. The Bertz CT molecular complexity index is 501. The van der Waals surface area contributed by atoms with Gasteiger partial charge in [0, 0.05) is 12.7 Å². The zero-order chi connectivity index (χ0) is 15.0. The molecule has 3 N–H and O–H groups in total. The van der Waals surface area contributed by atoms with Gasteiger partial charge in [0.25, 0.3) is 0 Å². The minimum atomic E-state index is -1.14. The third kappa shape index (κ3) is 5.49. The maximum absolute atomic E-state index is 11.6. The molecule has 0 unspecified atom stereocenters. The number of carboxylic acid groups (broad SMARTS) is 1. The van der Waals surface area contributed by atoms with E-state index in [0.717, 1.165) is 0 Å². The Morgan fingerprint density at radius 2 is 1.85 bits per heavy atom. The van der Waals surface area contributed by atoms with Crippen molar-refractivity contribution < 1.29 is 24.2 Å². The van der Waals surface area contributed by atoms with Gasteiger partial charge in [0.15, 0.2) is 0 Å². The lowest BCUT2D eigenvalue weighted by Gasteiger charge is -2.10. The minimum Gasteiger partial charge on any atom is -0.480 e. The highest BCUT2D eigenvalue weighted by molar-refractivity contribution is 5.93. The maximum atomic E-state index is 11.6. The molecule has 1 rings (SSSR count). The van der Waals surface area contributed by atoms with Crippen LogP contribution in [0.1, 0.15) is 5.56 Å². The van der Waals surface area contributed by atoms with Crippen molar-refractivity contribution in [3.05, 3.63) is 29.8 Å². The van der Waals surface area contributed by atoms with Crippen LogP contribution in [-0.2, 0) is 25.5 Å². The van der Waals surface area contributed by atoms with Gasteiger partial charge in [-0.25, -0.2) is 4.79 Å². The van der Waals surface area contributed by atoms with E-state index in [2.05, 4.69) is 15.4 Å². The molecule has 7 nitrogen and oxygen atoms in total. The number of carbonyl (C=O) groups is 3. The van der Waals surface area contributed by atoms with Crippen LogP contribution in [0.15, 0.2) is 24.3 Å². The lowest BCUT2D eigenvalue weighted by atomic mass is 10.1. The smallest absolute Gasteiger partial charge is 0.329 e. The molecule has 7 heteroatoms. The first-order chi connectivity index (χ1) is 9.52. The lowest BCUT2D eigenvalue weighted by molar-refractivity contribution is -0.143. The molecule has 1 aromatic carbocycles. The van der Waals surface area contributed by atoms with Crippen molar-refractivity contribution in [1.82, 2.24) is 5.32 Å².